The third kappa shape index (κ3) is 5.82. The maximum atomic E-state index is 12.3. The molecule has 8 heteroatoms. The number of carbonyl (C=O) groups is 1. The lowest BCUT2D eigenvalue weighted by atomic mass is 10.3. The Morgan fingerprint density at radius 2 is 1.85 bits per heavy atom. The molecule has 0 radical (unpaired) electrons. The zero-order chi connectivity index (χ0) is 19.2. The topological polar surface area (TPSA) is 97.4 Å². The van der Waals surface area contributed by atoms with E-state index in [1.165, 1.54) is 24.3 Å². The molecule has 1 amide bonds. The van der Waals surface area contributed by atoms with Gasteiger partial charge in [0.1, 0.15) is 5.75 Å². The van der Waals surface area contributed by atoms with Gasteiger partial charge in [-0.2, -0.15) is 0 Å². The zero-order valence-corrected chi connectivity index (χ0v) is 15.8. The maximum absolute atomic E-state index is 12.3. The third-order valence-corrected chi connectivity index (χ3v) is 4.85. The summed E-state index contributed by atoms with van der Waals surface area (Å²) in [6.07, 6.45) is 2.55. The number of sulfonamides is 1. The first-order chi connectivity index (χ1) is 12.3. The molecule has 0 saturated heterocycles. The van der Waals surface area contributed by atoms with Crippen molar-refractivity contribution in [2.75, 3.05) is 0 Å². The summed E-state index contributed by atoms with van der Waals surface area (Å²) in [5.74, 6) is 0.192. The normalized spacial score (nSPS) is 12.6. The highest BCUT2D eigenvalue weighted by atomic mass is 32.2. The average molecular weight is 377 g/mol. The first-order valence-corrected chi connectivity index (χ1v) is 9.72. The van der Waals surface area contributed by atoms with Crippen molar-refractivity contribution in [3.8, 4) is 5.75 Å². The molecule has 0 spiro atoms. The van der Waals surface area contributed by atoms with E-state index in [4.69, 9.17) is 4.74 Å². The zero-order valence-electron chi connectivity index (χ0n) is 15.0. The standard InChI is InChI=1S/C18H23N3O4S/c1-13(2)21-18(22)14(3)25-16-6-8-17(9-7-16)26(23,24)20-12-15-5-4-10-19-11-15/h4-11,13-14,20H,12H2,1-3H3,(H,21,22). The molecular formula is C18H23N3O4S. The van der Waals surface area contributed by atoms with Crippen LogP contribution in [-0.4, -0.2) is 31.5 Å². The highest BCUT2D eigenvalue weighted by Crippen LogP contribution is 2.17. The number of benzene rings is 1. The van der Waals surface area contributed by atoms with E-state index >= 15 is 0 Å². The van der Waals surface area contributed by atoms with Gasteiger partial charge in [0.25, 0.3) is 5.91 Å². The molecule has 1 unspecified atom stereocenters. The van der Waals surface area contributed by atoms with E-state index in [9.17, 15) is 13.2 Å². The number of nitrogens with zero attached hydrogens (tertiary/aromatic N) is 1. The number of aromatic nitrogens is 1. The first-order valence-electron chi connectivity index (χ1n) is 8.23. The molecule has 1 heterocycles. The van der Waals surface area contributed by atoms with Gasteiger partial charge in [0.05, 0.1) is 4.90 Å². The fourth-order valence-electron chi connectivity index (χ4n) is 2.12. The van der Waals surface area contributed by atoms with Gasteiger partial charge in [0.2, 0.25) is 10.0 Å². The number of rotatable bonds is 8. The molecule has 2 N–H and O–H groups in total. The summed E-state index contributed by atoms with van der Waals surface area (Å²) in [5, 5.41) is 2.76. The Balaban J connectivity index is 1.98. The summed E-state index contributed by atoms with van der Waals surface area (Å²) in [7, 11) is -3.65. The van der Waals surface area contributed by atoms with E-state index in [0.29, 0.717) is 5.75 Å². The quantitative estimate of drug-likeness (QED) is 0.732. The minimum atomic E-state index is -3.65. The van der Waals surface area contributed by atoms with Gasteiger partial charge in [0.15, 0.2) is 6.10 Å². The molecule has 0 aliphatic heterocycles. The molecule has 0 aliphatic rings. The molecule has 0 aliphatic carbocycles. The van der Waals surface area contributed by atoms with E-state index in [-0.39, 0.29) is 23.4 Å². The number of nitrogens with one attached hydrogen (secondary N) is 2. The van der Waals surface area contributed by atoms with Crippen LogP contribution in [0.15, 0.2) is 53.7 Å². The monoisotopic (exact) mass is 377 g/mol. The fourth-order valence-corrected chi connectivity index (χ4v) is 3.14. The summed E-state index contributed by atoms with van der Waals surface area (Å²) in [4.78, 5) is 15.9. The number of pyridine rings is 1. The van der Waals surface area contributed by atoms with Crippen LogP contribution in [0.25, 0.3) is 0 Å². The van der Waals surface area contributed by atoms with E-state index in [1.54, 1.807) is 31.5 Å². The predicted octanol–water partition coefficient (Wildman–Crippen LogP) is 1.85. The Hall–Kier alpha value is -2.45. The van der Waals surface area contributed by atoms with Crippen molar-refractivity contribution in [2.45, 2.75) is 44.4 Å². The van der Waals surface area contributed by atoms with Gasteiger partial charge in [-0.05, 0) is 56.7 Å². The van der Waals surface area contributed by atoms with Crippen LogP contribution in [0.2, 0.25) is 0 Å². The number of hydrogen-bond donors (Lipinski definition) is 2. The van der Waals surface area contributed by atoms with Gasteiger partial charge in [-0.3, -0.25) is 9.78 Å². The van der Waals surface area contributed by atoms with Crippen molar-refractivity contribution in [3.05, 3.63) is 54.4 Å². The van der Waals surface area contributed by atoms with E-state index < -0.39 is 16.1 Å². The Labute approximate surface area is 153 Å². The van der Waals surface area contributed by atoms with Gasteiger partial charge in [-0.25, -0.2) is 13.1 Å². The second kappa shape index (κ2) is 8.77. The molecule has 140 valence electrons. The molecule has 2 rings (SSSR count). The molecule has 26 heavy (non-hydrogen) atoms. The van der Waals surface area contributed by atoms with Crippen LogP contribution in [0.3, 0.4) is 0 Å². The summed E-state index contributed by atoms with van der Waals surface area (Å²) in [6, 6.07) is 9.48. The van der Waals surface area contributed by atoms with Crippen molar-refractivity contribution in [1.82, 2.24) is 15.0 Å². The number of hydrogen-bond acceptors (Lipinski definition) is 5. The Morgan fingerprint density at radius 1 is 1.15 bits per heavy atom. The number of ether oxygens (including phenoxy) is 1. The fraction of sp³-hybridized carbons (Fsp3) is 0.333. The highest BCUT2D eigenvalue weighted by molar-refractivity contribution is 7.89. The molecule has 0 saturated carbocycles. The van der Waals surface area contributed by atoms with Crippen molar-refractivity contribution >= 4 is 15.9 Å². The third-order valence-electron chi connectivity index (χ3n) is 3.44. The maximum Gasteiger partial charge on any atom is 0.260 e. The SMILES string of the molecule is CC(C)NC(=O)C(C)Oc1ccc(S(=O)(=O)NCc2cccnc2)cc1. The second-order valence-corrected chi connectivity index (χ2v) is 7.85. The number of carbonyl (C=O) groups excluding carboxylic acids is 1. The average Bonchev–Trinajstić information content (AvgIpc) is 2.61. The summed E-state index contributed by atoms with van der Waals surface area (Å²) in [5.41, 5.74) is 0.765. The predicted molar refractivity (Wildman–Crippen MR) is 98.1 cm³/mol. The second-order valence-electron chi connectivity index (χ2n) is 6.08. The molecule has 7 nitrogen and oxygen atoms in total. The molecule has 1 atom stereocenters. The Kier molecular flexibility index (Phi) is 6.70. The largest absolute Gasteiger partial charge is 0.481 e. The van der Waals surface area contributed by atoms with Crippen LogP contribution < -0.4 is 14.8 Å². The minimum absolute atomic E-state index is 0.0203. The van der Waals surface area contributed by atoms with Gasteiger partial charge in [-0.1, -0.05) is 6.07 Å². The minimum Gasteiger partial charge on any atom is -0.481 e. The molecule has 0 bridgehead atoms. The highest BCUT2D eigenvalue weighted by Gasteiger charge is 2.17. The van der Waals surface area contributed by atoms with Gasteiger partial charge in [-0.15, -0.1) is 0 Å². The smallest absolute Gasteiger partial charge is 0.260 e. The van der Waals surface area contributed by atoms with Gasteiger partial charge in [0, 0.05) is 25.0 Å². The van der Waals surface area contributed by atoms with Crippen LogP contribution in [0.4, 0.5) is 0 Å². The first kappa shape index (κ1) is 19.9. The van der Waals surface area contributed by atoms with E-state index in [0.717, 1.165) is 5.56 Å². The van der Waals surface area contributed by atoms with Crippen LogP contribution >= 0.6 is 0 Å². The lowest BCUT2D eigenvalue weighted by Crippen LogP contribution is -2.40. The summed E-state index contributed by atoms with van der Waals surface area (Å²) >= 11 is 0. The van der Waals surface area contributed by atoms with Gasteiger partial charge >= 0.3 is 0 Å². The molecular weight excluding hydrogens is 354 g/mol. The Morgan fingerprint density at radius 3 is 2.42 bits per heavy atom. The van der Waals surface area contributed by atoms with Crippen LogP contribution in [0.1, 0.15) is 26.3 Å². The molecule has 1 aromatic heterocycles. The number of amides is 1. The van der Waals surface area contributed by atoms with Crippen molar-refractivity contribution < 1.29 is 17.9 Å². The molecule has 2 aromatic rings. The molecule has 0 fully saturated rings. The van der Waals surface area contributed by atoms with Crippen molar-refractivity contribution in [3.63, 3.8) is 0 Å². The van der Waals surface area contributed by atoms with Crippen LogP contribution in [0, 0.1) is 0 Å². The lowest BCUT2D eigenvalue weighted by molar-refractivity contribution is -0.127. The van der Waals surface area contributed by atoms with E-state index in [2.05, 4.69) is 15.0 Å². The van der Waals surface area contributed by atoms with Crippen LogP contribution in [-0.2, 0) is 21.4 Å². The molecule has 1 aromatic carbocycles. The van der Waals surface area contributed by atoms with Crippen LogP contribution in [0.5, 0.6) is 5.75 Å². The van der Waals surface area contributed by atoms with Gasteiger partial charge < -0.3 is 10.1 Å². The van der Waals surface area contributed by atoms with Crippen molar-refractivity contribution in [1.29, 1.82) is 0 Å². The van der Waals surface area contributed by atoms with Crippen molar-refractivity contribution in [2.24, 2.45) is 0 Å². The summed E-state index contributed by atoms with van der Waals surface area (Å²) in [6.45, 7) is 5.52. The summed E-state index contributed by atoms with van der Waals surface area (Å²) < 4.78 is 32.7. The Bertz CT molecular complexity index is 821. The van der Waals surface area contributed by atoms with E-state index in [1.807, 2.05) is 13.8 Å². The lowest BCUT2D eigenvalue weighted by Gasteiger charge is -2.16.